The van der Waals surface area contributed by atoms with Crippen LogP contribution >= 0.6 is 0 Å². The highest BCUT2D eigenvalue weighted by Crippen LogP contribution is 2.26. The predicted octanol–water partition coefficient (Wildman–Crippen LogP) is 5.50. The molecule has 1 aliphatic heterocycles. The van der Waals surface area contributed by atoms with Crippen molar-refractivity contribution < 1.29 is 19.1 Å². The van der Waals surface area contributed by atoms with Gasteiger partial charge in [0.2, 0.25) is 5.91 Å². The maximum absolute atomic E-state index is 12.6. The van der Waals surface area contributed by atoms with Crippen LogP contribution in [0.3, 0.4) is 0 Å². The largest absolute Gasteiger partial charge is 0.494 e. The molecular formula is C28H38N4O4. The van der Waals surface area contributed by atoms with Gasteiger partial charge in [0.1, 0.15) is 11.4 Å². The quantitative estimate of drug-likeness (QED) is 0.465. The van der Waals surface area contributed by atoms with Gasteiger partial charge in [0.15, 0.2) is 0 Å². The maximum Gasteiger partial charge on any atom is 0.410 e. The van der Waals surface area contributed by atoms with E-state index < -0.39 is 11.5 Å². The van der Waals surface area contributed by atoms with E-state index in [-0.39, 0.29) is 12.1 Å². The number of rotatable bonds is 8. The van der Waals surface area contributed by atoms with Gasteiger partial charge in [0, 0.05) is 37.8 Å². The zero-order valence-electron chi connectivity index (χ0n) is 21.8. The van der Waals surface area contributed by atoms with E-state index in [4.69, 9.17) is 15.2 Å². The Kier molecular flexibility index (Phi) is 9.33. The van der Waals surface area contributed by atoms with Crippen molar-refractivity contribution in [3.05, 3.63) is 59.4 Å². The number of anilines is 1. The molecular weight excluding hydrogens is 456 g/mol. The fourth-order valence-electron chi connectivity index (χ4n) is 4.15. The highest BCUT2D eigenvalue weighted by Gasteiger charge is 2.30. The Morgan fingerprint density at radius 3 is 2.78 bits per heavy atom. The van der Waals surface area contributed by atoms with Crippen LogP contribution in [0.5, 0.6) is 0 Å². The van der Waals surface area contributed by atoms with Gasteiger partial charge in [-0.25, -0.2) is 4.79 Å². The monoisotopic (exact) mass is 494 g/mol. The lowest BCUT2D eigenvalue weighted by Gasteiger charge is -2.36. The molecule has 8 heteroatoms. The van der Waals surface area contributed by atoms with E-state index in [9.17, 15) is 9.59 Å². The summed E-state index contributed by atoms with van der Waals surface area (Å²) in [7, 11) is 1.80. The van der Waals surface area contributed by atoms with E-state index in [1.54, 1.807) is 31.5 Å². The Balaban J connectivity index is 1.59. The summed E-state index contributed by atoms with van der Waals surface area (Å²) < 4.78 is 11.6. The summed E-state index contributed by atoms with van der Waals surface area (Å²) in [4.78, 5) is 30.6. The van der Waals surface area contributed by atoms with Crippen molar-refractivity contribution in [3.63, 3.8) is 0 Å². The van der Waals surface area contributed by atoms with Crippen LogP contribution < -0.4 is 11.1 Å². The fourth-order valence-corrected chi connectivity index (χ4v) is 4.15. The number of nitrogens with two attached hydrogens (primary N) is 1. The number of allylic oxidation sites excluding steroid dienone is 5. The molecule has 3 rings (SSSR count). The molecule has 0 saturated carbocycles. The van der Waals surface area contributed by atoms with Gasteiger partial charge in [-0.2, -0.15) is 0 Å². The number of amides is 2. The van der Waals surface area contributed by atoms with Crippen molar-refractivity contribution in [1.82, 2.24) is 4.90 Å². The second kappa shape index (κ2) is 12.4. The van der Waals surface area contributed by atoms with Crippen LogP contribution in [0.1, 0.15) is 63.2 Å². The number of ether oxygens (including phenoxy) is 2. The first-order valence-electron chi connectivity index (χ1n) is 12.5. The van der Waals surface area contributed by atoms with Gasteiger partial charge >= 0.3 is 6.09 Å². The Hall–Kier alpha value is -3.55. The van der Waals surface area contributed by atoms with Crippen molar-refractivity contribution in [2.45, 2.75) is 64.5 Å². The van der Waals surface area contributed by atoms with Crippen molar-refractivity contribution in [1.29, 1.82) is 0 Å². The number of carbonyl (C=O) groups excluding carboxylic acids is 2. The van der Waals surface area contributed by atoms with E-state index >= 15 is 0 Å². The number of aliphatic imine (C=N–C) groups is 1. The third kappa shape index (κ3) is 8.00. The molecule has 0 bridgehead atoms. The van der Waals surface area contributed by atoms with Crippen LogP contribution in [0.4, 0.5) is 16.2 Å². The number of benzene rings is 1. The molecule has 3 N–H and O–H groups in total. The molecule has 1 saturated heterocycles. The smallest absolute Gasteiger partial charge is 0.410 e. The number of nitrogens with one attached hydrogen (secondary N) is 1. The molecule has 2 amide bonds. The summed E-state index contributed by atoms with van der Waals surface area (Å²) in [5, 5.41) is 3.08. The third-order valence-corrected chi connectivity index (χ3v) is 5.99. The zero-order valence-corrected chi connectivity index (χ0v) is 21.8. The minimum Gasteiger partial charge on any atom is -0.494 e. The molecule has 1 aromatic carbocycles. The van der Waals surface area contributed by atoms with Crippen molar-refractivity contribution in [2.75, 3.05) is 25.5 Å². The van der Waals surface area contributed by atoms with Crippen LogP contribution in [0, 0.1) is 0 Å². The molecule has 2 aliphatic rings. The van der Waals surface area contributed by atoms with Gasteiger partial charge < -0.3 is 25.4 Å². The normalized spacial score (nSPS) is 18.3. The molecule has 1 fully saturated rings. The molecule has 1 aromatic rings. The minimum atomic E-state index is -0.502. The first-order chi connectivity index (χ1) is 17.2. The summed E-state index contributed by atoms with van der Waals surface area (Å²) in [5.41, 5.74) is 7.77. The molecule has 1 heterocycles. The lowest BCUT2D eigenvalue weighted by molar-refractivity contribution is 0.00642. The Morgan fingerprint density at radius 1 is 1.25 bits per heavy atom. The summed E-state index contributed by atoms with van der Waals surface area (Å²) in [6, 6.07) is 5.26. The van der Waals surface area contributed by atoms with E-state index in [1.165, 1.54) is 0 Å². The molecule has 36 heavy (non-hydrogen) atoms. The Morgan fingerprint density at radius 2 is 2.06 bits per heavy atom. The molecule has 0 aromatic heterocycles. The number of nitrogens with zero attached hydrogens (tertiary/aromatic N) is 2. The van der Waals surface area contributed by atoms with Crippen LogP contribution in [-0.2, 0) is 9.47 Å². The highest BCUT2D eigenvalue weighted by molar-refractivity contribution is 5.95. The summed E-state index contributed by atoms with van der Waals surface area (Å²) >= 11 is 0. The SMILES string of the molecule is CNc1ccc(C(N)=O)cc1N=CC1=CC=C(OCCC2CCCCN2C(=O)OC(C)(C)C)C=CC1. The number of piperidine rings is 1. The summed E-state index contributed by atoms with van der Waals surface area (Å²) in [6.45, 7) is 6.92. The molecule has 1 aliphatic carbocycles. The summed E-state index contributed by atoms with van der Waals surface area (Å²) in [5.74, 6) is 0.280. The van der Waals surface area contributed by atoms with Gasteiger partial charge in [-0.1, -0.05) is 12.2 Å². The number of carbonyl (C=O) groups is 2. The Labute approximate surface area is 213 Å². The molecule has 0 radical (unpaired) electrons. The standard InChI is InChI=1S/C28H38N4O4/c1-28(2,3)36-27(34)32-16-6-5-9-22(32)15-17-35-23-10-7-8-20(11-13-23)19-31-25-18-21(26(29)33)12-14-24(25)30-4/h7,10-14,18-19,22,30H,5-6,8-9,15-17H2,1-4H3,(H2,29,33). The van der Waals surface area contributed by atoms with Crippen LogP contribution in [0.2, 0.25) is 0 Å². The Bertz CT molecular complexity index is 1070. The number of hydrogen-bond donors (Lipinski definition) is 2. The molecule has 8 nitrogen and oxygen atoms in total. The molecule has 194 valence electrons. The van der Waals surface area contributed by atoms with Gasteiger partial charge in [-0.3, -0.25) is 9.79 Å². The lowest BCUT2D eigenvalue weighted by Crippen LogP contribution is -2.46. The van der Waals surface area contributed by atoms with Gasteiger partial charge in [-0.05, 0) is 82.4 Å². The highest BCUT2D eigenvalue weighted by atomic mass is 16.6. The van der Waals surface area contributed by atoms with Crippen molar-refractivity contribution in [3.8, 4) is 0 Å². The van der Waals surface area contributed by atoms with Crippen LogP contribution in [0.15, 0.2) is 58.8 Å². The topological polar surface area (TPSA) is 106 Å². The lowest BCUT2D eigenvalue weighted by atomic mass is 10.0. The van der Waals surface area contributed by atoms with Crippen molar-refractivity contribution >= 4 is 29.6 Å². The van der Waals surface area contributed by atoms with Gasteiger partial charge in [0.05, 0.1) is 18.0 Å². The first kappa shape index (κ1) is 27.0. The van der Waals surface area contributed by atoms with E-state index in [0.717, 1.165) is 49.2 Å². The summed E-state index contributed by atoms with van der Waals surface area (Å²) in [6.07, 6.45) is 14.0. The first-order valence-corrected chi connectivity index (χ1v) is 12.5. The molecule has 1 unspecified atom stereocenters. The second-order valence-electron chi connectivity index (χ2n) is 9.98. The maximum atomic E-state index is 12.6. The fraction of sp³-hybridized carbons (Fsp3) is 0.464. The van der Waals surface area contributed by atoms with Crippen molar-refractivity contribution in [2.24, 2.45) is 10.7 Å². The van der Waals surface area contributed by atoms with Crippen LogP contribution in [-0.4, -0.2) is 55.0 Å². The van der Waals surface area contributed by atoms with Crippen LogP contribution in [0.25, 0.3) is 0 Å². The number of hydrogen-bond acceptors (Lipinski definition) is 6. The van der Waals surface area contributed by atoms with E-state index in [2.05, 4.69) is 10.3 Å². The average molecular weight is 495 g/mol. The predicted molar refractivity (Wildman–Crippen MR) is 144 cm³/mol. The molecule has 0 spiro atoms. The minimum absolute atomic E-state index is 0.125. The second-order valence-corrected chi connectivity index (χ2v) is 9.98. The van der Waals surface area contributed by atoms with E-state index in [0.29, 0.717) is 24.3 Å². The van der Waals surface area contributed by atoms with Gasteiger partial charge in [-0.15, -0.1) is 0 Å². The number of likely N-dealkylation sites (tertiary alicyclic amines) is 1. The third-order valence-electron chi connectivity index (χ3n) is 5.99. The average Bonchev–Trinajstić information content (AvgIpc) is 3.07. The van der Waals surface area contributed by atoms with E-state index in [1.807, 2.05) is 50.0 Å². The molecule has 1 atom stereocenters. The van der Waals surface area contributed by atoms with Gasteiger partial charge in [0.25, 0.3) is 0 Å². The number of primary amides is 1. The zero-order chi connectivity index (χ0) is 26.1.